The fourth-order valence-corrected chi connectivity index (χ4v) is 2.94. The van der Waals surface area contributed by atoms with E-state index >= 15 is 0 Å². The van der Waals surface area contributed by atoms with E-state index in [0.717, 1.165) is 11.4 Å². The van der Waals surface area contributed by atoms with Gasteiger partial charge in [-0.25, -0.2) is 0 Å². The predicted molar refractivity (Wildman–Crippen MR) is 77.6 cm³/mol. The Morgan fingerprint density at radius 3 is 2.83 bits per heavy atom. The first-order chi connectivity index (χ1) is 8.70. The van der Waals surface area contributed by atoms with E-state index in [0.29, 0.717) is 6.54 Å². The third-order valence-corrected chi connectivity index (χ3v) is 4.11. The van der Waals surface area contributed by atoms with Crippen LogP contribution in [0, 0.1) is 13.8 Å². The SMILES string of the molecule is Cc1ccc(C)c(SCc2cccnc2CN)c1. The van der Waals surface area contributed by atoms with Crippen molar-refractivity contribution >= 4 is 11.8 Å². The molecule has 2 N–H and O–H groups in total. The number of benzene rings is 1. The van der Waals surface area contributed by atoms with Gasteiger partial charge in [-0.05, 0) is 37.1 Å². The molecule has 1 aromatic heterocycles. The van der Waals surface area contributed by atoms with Gasteiger partial charge >= 0.3 is 0 Å². The van der Waals surface area contributed by atoms with Gasteiger partial charge in [-0.3, -0.25) is 4.98 Å². The van der Waals surface area contributed by atoms with Crippen LogP contribution in [0.5, 0.6) is 0 Å². The summed E-state index contributed by atoms with van der Waals surface area (Å²) in [5.74, 6) is 0.921. The quantitative estimate of drug-likeness (QED) is 0.854. The van der Waals surface area contributed by atoms with Crippen LogP contribution in [0.15, 0.2) is 41.4 Å². The topological polar surface area (TPSA) is 38.9 Å². The average molecular weight is 258 g/mol. The van der Waals surface area contributed by atoms with Gasteiger partial charge in [-0.1, -0.05) is 23.8 Å². The predicted octanol–water partition coefficient (Wildman–Crippen LogP) is 3.45. The molecule has 18 heavy (non-hydrogen) atoms. The molecule has 0 saturated carbocycles. The highest BCUT2D eigenvalue weighted by Crippen LogP contribution is 2.27. The summed E-state index contributed by atoms with van der Waals surface area (Å²) >= 11 is 1.85. The van der Waals surface area contributed by atoms with E-state index in [2.05, 4.69) is 43.1 Å². The first-order valence-electron chi connectivity index (χ1n) is 6.03. The van der Waals surface area contributed by atoms with Crippen LogP contribution in [-0.2, 0) is 12.3 Å². The number of nitrogens with zero attached hydrogens (tertiary/aromatic N) is 1. The first-order valence-corrected chi connectivity index (χ1v) is 7.02. The molecule has 0 unspecified atom stereocenters. The summed E-state index contributed by atoms with van der Waals surface area (Å²) in [5, 5.41) is 0. The summed E-state index contributed by atoms with van der Waals surface area (Å²) in [6.07, 6.45) is 1.80. The third kappa shape index (κ3) is 3.12. The van der Waals surface area contributed by atoms with E-state index in [1.807, 2.05) is 17.8 Å². The minimum absolute atomic E-state index is 0.504. The van der Waals surface area contributed by atoms with Crippen molar-refractivity contribution < 1.29 is 0 Å². The minimum atomic E-state index is 0.504. The number of hydrogen-bond donors (Lipinski definition) is 1. The molecule has 0 aliphatic rings. The largest absolute Gasteiger partial charge is 0.325 e. The molecule has 0 amide bonds. The number of pyridine rings is 1. The third-order valence-electron chi connectivity index (χ3n) is 2.90. The Morgan fingerprint density at radius 2 is 2.06 bits per heavy atom. The highest BCUT2D eigenvalue weighted by molar-refractivity contribution is 7.98. The van der Waals surface area contributed by atoms with Gasteiger partial charge < -0.3 is 5.73 Å². The molecular weight excluding hydrogens is 240 g/mol. The van der Waals surface area contributed by atoms with Crippen molar-refractivity contribution in [3.63, 3.8) is 0 Å². The molecule has 0 aliphatic heterocycles. The molecule has 1 aromatic carbocycles. The number of aromatic nitrogens is 1. The Balaban J connectivity index is 2.14. The smallest absolute Gasteiger partial charge is 0.0579 e. The van der Waals surface area contributed by atoms with Crippen molar-refractivity contribution in [3.05, 3.63) is 58.9 Å². The van der Waals surface area contributed by atoms with E-state index in [4.69, 9.17) is 5.73 Å². The normalized spacial score (nSPS) is 10.6. The Hall–Kier alpha value is -1.32. The van der Waals surface area contributed by atoms with Crippen molar-refractivity contribution in [1.82, 2.24) is 4.98 Å². The fourth-order valence-electron chi connectivity index (χ4n) is 1.80. The van der Waals surface area contributed by atoms with Crippen molar-refractivity contribution in [3.8, 4) is 0 Å². The Bertz CT molecular complexity index is 538. The molecule has 2 rings (SSSR count). The summed E-state index contributed by atoms with van der Waals surface area (Å²) in [7, 11) is 0. The van der Waals surface area contributed by atoms with E-state index < -0.39 is 0 Å². The standard InChI is InChI=1S/C15H18N2S/c1-11-5-6-12(2)15(8-11)18-10-13-4-3-7-17-14(13)9-16/h3-8H,9-10,16H2,1-2H3. The first kappa shape index (κ1) is 13.1. The molecular formula is C15H18N2S. The average Bonchev–Trinajstić information content (AvgIpc) is 2.40. The molecule has 0 aliphatic carbocycles. The second-order valence-corrected chi connectivity index (χ2v) is 5.39. The summed E-state index contributed by atoms with van der Waals surface area (Å²) in [5.41, 5.74) is 10.5. The van der Waals surface area contributed by atoms with Crippen molar-refractivity contribution in [2.75, 3.05) is 0 Å². The molecule has 0 spiro atoms. The number of thioether (sulfide) groups is 1. The summed E-state index contributed by atoms with van der Waals surface area (Å²) in [6, 6.07) is 10.6. The second kappa shape index (κ2) is 6.03. The van der Waals surface area contributed by atoms with Crippen molar-refractivity contribution in [1.29, 1.82) is 0 Å². The molecule has 0 atom stereocenters. The van der Waals surface area contributed by atoms with Crippen LogP contribution in [0.3, 0.4) is 0 Å². The highest BCUT2D eigenvalue weighted by Gasteiger charge is 2.04. The lowest BCUT2D eigenvalue weighted by molar-refractivity contribution is 0.964. The van der Waals surface area contributed by atoms with E-state index in [1.165, 1.54) is 21.6 Å². The molecule has 0 radical (unpaired) electrons. The molecule has 0 saturated heterocycles. The van der Waals surface area contributed by atoms with Crippen molar-refractivity contribution in [2.45, 2.75) is 31.0 Å². The monoisotopic (exact) mass is 258 g/mol. The van der Waals surface area contributed by atoms with Gasteiger partial charge in [-0.15, -0.1) is 11.8 Å². The molecule has 2 nitrogen and oxygen atoms in total. The summed E-state index contributed by atoms with van der Waals surface area (Å²) in [6.45, 7) is 4.78. The van der Waals surface area contributed by atoms with Gasteiger partial charge in [-0.2, -0.15) is 0 Å². The lowest BCUT2D eigenvalue weighted by Gasteiger charge is -2.09. The number of nitrogens with two attached hydrogens (primary N) is 1. The van der Waals surface area contributed by atoms with Crippen LogP contribution in [0.25, 0.3) is 0 Å². The zero-order valence-electron chi connectivity index (χ0n) is 10.8. The van der Waals surface area contributed by atoms with Crippen LogP contribution in [0.4, 0.5) is 0 Å². The Morgan fingerprint density at radius 1 is 1.22 bits per heavy atom. The van der Waals surface area contributed by atoms with Crippen LogP contribution in [-0.4, -0.2) is 4.98 Å². The zero-order valence-corrected chi connectivity index (χ0v) is 11.6. The van der Waals surface area contributed by atoms with Gasteiger partial charge in [0.1, 0.15) is 0 Å². The van der Waals surface area contributed by atoms with Crippen LogP contribution < -0.4 is 5.73 Å². The zero-order chi connectivity index (χ0) is 13.0. The maximum Gasteiger partial charge on any atom is 0.0579 e. The molecule has 3 heteroatoms. The number of rotatable bonds is 4. The van der Waals surface area contributed by atoms with Crippen LogP contribution in [0.2, 0.25) is 0 Å². The molecule has 0 fully saturated rings. The van der Waals surface area contributed by atoms with Gasteiger partial charge in [0.25, 0.3) is 0 Å². The van der Waals surface area contributed by atoms with Gasteiger partial charge in [0.15, 0.2) is 0 Å². The summed E-state index contributed by atoms with van der Waals surface area (Å²) < 4.78 is 0. The maximum absolute atomic E-state index is 5.70. The Kier molecular flexibility index (Phi) is 4.39. The van der Waals surface area contributed by atoms with Crippen LogP contribution in [0.1, 0.15) is 22.4 Å². The summed E-state index contributed by atoms with van der Waals surface area (Å²) in [4.78, 5) is 5.65. The van der Waals surface area contributed by atoms with Crippen LogP contribution >= 0.6 is 11.8 Å². The lowest BCUT2D eigenvalue weighted by Crippen LogP contribution is -2.03. The van der Waals surface area contributed by atoms with Gasteiger partial charge in [0.05, 0.1) is 5.69 Å². The van der Waals surface area contributed by atoms with E-state index in [1.54, 1.807) is 6.20 Å². The molecule has 1 heterocycles. The highest BCUT2D eigenvalue weighted by atomic mass is 32.2. The number of hydrogen-bond acceptors (Lipinski definition) is 3. The fraction of sp³-hybridized carbons (Fsp3) is 0.267. The lowest BCUT2D eigenvalue weighted by atomic mass is 10.2. The van der Waals surface area contributed by atoms with Gasteiger partial charge in [0, 0.05) is 23.4 Å². The second-order valence-electron chi connectivity index (χ2n) is 4.37. The molecule has 2 aromatic rings. The maximum atomic E-state index is 5.70. The molecule has 0 bridgehead atoms. The van der Waals surface area contributed by atoms with E-state index in [9.17, 15) is 0 Å². The van der Waals surface area contributed by atoms with Crippen molar-refractivity contribution in [2.24, 2.45) is 5.73 Å². The minimum Gasteiger partial charge on any atom is -0.325 e. The van der Waals surface area contributed by atoms with Gasteiger partial charge in [0.2, 0.25) is 0 Å². The van der Waals surface area contributed by atoms with E-state index in [-0.39, 0.29) is 0 Å². The Labute approximate surface area is 113 Å². The molecule has 94 valence electrons. The number of aryl methyl sites for hydroxylation is 2.